The number of piperidine rings is 1. The van der Waals surface area contributed by atoms with Gasteiger partial charge in [0.15, 0.2) is 0 Å². The van der Waals surface area contributed by atoms with Gasteiger partial charge in [0.1, 0.15) is 6.54 Å². The standard InChI is InChI=1S/C36H48ClN5O6/c1-6-48-33(45)22-42-25(4)34(24(3)16-32(42)44)36(47)40-20-28-18-38(19-29(28)21-40)12-7-13-41(30-9-8-23(2)31(37)17-30)35(46)27-10-14-39(15-11-27)26(5)43/h8-9,16-17,27-29H,6-7,10-15,18-22H2,1-5H3. The highest BCUT2D eigenvalue weighted by molar-refractivity contribution is 6.31. The monoisotopic (exact) mass is 681 g/mol. The number of esters is 1. The highest BCUT2D eigenvalue weighted by Gasteiger charge is 2.42. The molecule has 3 aliphatic heterocycles. The van der Waals surface area contributed by atoms with Crippen LogP contribution in [0, 0.1) is 38.5 Å². The van der Waals surface area contributed by atoms with E-state index in [1.807, 2.05) is 39.8 Å². The molecule has 0 N–H and O–H groups in total. The van der Waals surface area contributed by atoms with Gasteiger partial charge >= 0.3 is 5.97 Å². The lowest BCUT2D eigenvalue weighted by Crippen LogP contribution is -2.44. The van der Waals surface area contributed by atoms with E-state index in [2.05, 4.69) is 4.90 Å². The molecule has 2 aromatic rings. The van der Waals surface area contributed by atoms with E-state index in [1.54, 1.807) is 27.7 Å². The molecule has 0 spiro atoms. The Morgan fingerprint density at radius 2 is 1.60 bits per heavy atom. The molecule has 0 saturated carbocycles. The fourth-order valence-corrected chi connectivity index (χ4v) is 7.78. The van der Waals surface area contributed by atoms with E-state index >= 15 is 0 Å². The fraction of sp³-hybridized carbons (Fsp3) is 0.583. The van der Waals surface area contributed by atoms with Crippen LogP contribution in [0.4, 0.5) is 5.69 Å². The summed E-state index contributed by atoms with van der Waals surface area (Å²) in [5.74, 6) is 0.0831. The number of likely N-dealkylation sites (tertiary alicyclic amines) is 3. The zero-order valence-electron chi connectivity index (χ0n) is 28.8. The minimum atomic E-state index is -0.508. The number of fused-ring (bicyclic) bond motifs is 1. The van der Waals surface area contributed by atoms with Gasteiger partial charge in [0.25, 0.3) is 11.5 Å². The van der Waals surface area contributed by atoms with E-state index in [0.717, 1.165) is 37.3 Å². The maximum atomic E-state index is 13.8. The average Bonchev–Trinajstić information content (AvgIpc) is 3.62. The first kappa shape index (κ1) is 35.6. The largest absolute Gasteiger partial charge is 0.465 e. The van der Waals surface area contributed by atoms with Gasteiger partial charge in [0.05, 0.1) is 12.2 Å². The number of amides is 3. The van der Waals surface area contributed by atoms with Crippen LogP contribution in [0.15, 0.2) is 29.1 Å². The highest BCUT2D eigenvalue weighted by Crippen LogP contribution is 2.33. The van der Waals surface area contributed by atoms with E-state index in [1.165, 1.54) is 10.6 Å². The Balaban J connectivity index is 1.18. The molecule has 48 heavy (non-hydrogen) atoms. The van der Waals surface area contributed by atoms with E-state index in [0.29, 0.717) is 79.2 Å². The number of halogens is 1. The van der Waals surface area contributed by atoms with Crippen LogP contribution in [0.1, 0.15) is 60.3 Å². The van der Waals surface area contributed by atoms with Crippen LogP contribution in [0.3, 0.4) is 0 Å². The summed E-state index contributed by atoms with van der Waals surface area (Å²) in [6, 6.07) is 7.20. The van der Waals surface area contributed by atoms with Crippen LogP contribution in [0.5, 0.6) is 0 Å². The number of aryl methyl sites for hydroxylation is 2. The molecule has 0 bridgehead atoms. The Kier molecular flexibility index (Phi) is 11.3. The first-order valence-electron chi connectivity index (χ1n) is 17.1. The number of hydrogen-bond acceptors (Lipinski definition) is 7. The first-order chi connectivity index (χ1) is 22.9. The number of ether oxygens (including phenoxy) is 1. The van der Waals surface area contributed by atoms with Crippen LogP contribution < -0.4 is 10.5 Å². The van der Waals surface area contributed by atoms with Gasteiger partial charge in [-0.2, -0.15) is 0 Å². The summed E-state index contributed by atoms with van der Waals surface area (Å²) in [4.78, 5) is 72.2. The van der Waals surface area contributed by atoms with Crippen LogP contribution in [0.2, 0.25) is 5.02 Å². The number of carbonyl (C=O) groups is 4. The van der Waals surface area contributed by atoms with Gasteiger partial charge < -0.3 is 28.9 Å². The van der Waals surface area contributed by atoms with Gasteiger partial charge in [-0.3, -0.25) is 24.0 Å². The van der Waals surface area contributed by atoms with Crippen molar-refractivity contribution in [2.75, 3.05) is 63.9 Å². The minimum Gasteiger partial charge on any atom is -0.465 e. The SMILES string of the molecule is CCOC(=O)Cn1c(C)c(C(=O)N2CC3CN(CCCN(C(=O)C4CCN(C(C)=O)CC4)c4ccc(C)c(Cl)c4)CC3C2)c(C)cc1=O. The van der Waals surface area contributed by atoms with Gasteiger partial charge in [-0.25, -0.2) is 0 Å². The molecule has 3 aliphatic rings. The topological polar surface area (TPSA) is 112 Å². The lowest BCUT2D eigenvalue weighted by atomic mass is 9.94. The predicted octanol–water partition coefficient (Wildman–Crippen LogP) is 3.68. The van der Waals surface area contributed by atoms with Crippen molar-refractivity contribution in [2.24, 2.45) is 17.8 Å². The van der Waals surface area contributed by atoms with Crippen molar-refractivity contribution in [1.29, 1.82) is 0 Å². The van der Waals surface area contributed by atoms with Crippen LogP contribution in [-0.4, -0.2) is 102 Å². The third-order valence-electron chi connectivity index (χ3n) is 10.3. The highest BCUT2D eigenvalue weighted by atomic mass is 35.5. The van der Waals surface area contributed by atoms with Crippen molar-refractivity contribution >= 4 is 41.0 Å². The van der Waals surface area contributed by atoms with Gasteiger partial charge in [0.2, 0.25) is 11.8 Å². The molecule has 0 radical (unpaired) electrons. The van der Waals surface area contributed by atoms with Gasteiger partial charge in [-0.05, 0) is 88.6 Å². The summed E-state index contributed by atoms with van der Waals surface area (Å²) in [5, 5.41) is 0.631. The van der Waals surface area contributed by atoms with Crippen molar-refractivity contribution in [2.45, 2.75) is 60.4 Å². The summed E-state index contributed by atoms with van der Waals surface area (Å²) in [6.07, 6.45) is 2.11. The fourth-order valence-electron chi connectivity index (χ4n) is 7.60. The van der Waals surface area contributed by atoms with Crippen molar-refractivity contribution < 1.29 is 23.9 Å². The molecule has 12 heteroatoms. The maximum Gasteiger partial charge on any atom is 0.326 e. The zero-order valence-corrected chi connectivity index (χ0v) is 29.6. The van der Waals surface area contributed by atoms with Crippen molar-refractivity contribution in [3.8, 4) is 0 Å². The second-order valence-corrected chi connectivity index (χ2v) is 14.0. The number of carbonyl (C=O) groups excluding carboxylic acids is 4. The number of nitrogens with zero attached hydrogens (tertiary/aromatic N) is 5. The summed E-state index contributed by atoms with van der Waals surface area (Å²) < 4.78 is 6.36. The third kappa shape index (κ3) is 7.78. The molecule has 1 aromatic carbocycles. The number of pyridine rings is 1. The normalized spacial score (nSPS) is 19.8. The molecule has 2 atom stereocenters. The van der Waals surface area contributed by atoms with Crippen LogP contribution >= 0.6 is 11.6 Å². The lowest BCUT2D eigenvalue weighted by molar-refractivity contribution is -0.144. The number of rotatable bonds is 10. The quantitative estimate of drug-likeness (QED) is 0.352. The number of hydrogen-bond donors (Lipinski definition) is 0. The average molecular weight is 682 g/mol. The van der Waals surface area contributed by atoms with Gasteiger partial charge in [-0.1, -0.05) is 17.7 Å². The molecule has 3 amide bonds. The van der Waals surface area contributed by atoms with E-state index in [-0.39, 0.29) is 42.4 Å². The Labute approximate surface area is 287 Å². The Morgan fingerprint density at radius 1 is 0.938 bits per heavy atom. The molecule has 260 valence electrons. The smallest absolute Gasteiger partial charge is 0.326 e. The number of aromatic nitrogens is 1. The molecule has 0 aliphatic carbocycles. The lowest BCUT2D eigenvalue weighted by Gasteiger charge is -2.34. The van der Waals surface area contributed by atoms with Gasteiger partial charge in [-0.15, -0.1) is 0 Å². The summed E-state index contributed by atoms with van der Waals surface area (Å²) in [6.45, 7) is 14.4. The van der Waals surface area contributed by atoms with E-state index < -0.39 is 5.97 Å². The van der Waals surface area contributed by atoms with Crippen molar-refractivity contribution in [3.63, 3.8) is 0 Å². The number of benzene rings is 1. The minimum absolute atomic E-state index is 0.0493. The van der Waals surface area contributed by atoms with Crippen molar-refractivity contribution in [1.82, 2.24) is 19.3 Å². The Morgan fingerprint density at radius 3 is 2.21 bits per heavy atom. The second kappa shape index (κ2) is 15.2. The predicted molar refractivity (Wildman–Crippen MR) is 184 cm³/mol. The molecular weight excluding hydrogens is 634 g/mol. The molecule has 4 heterocycles. The molecule has 11 nitrogen and oxygen atoms in total. The van der Waals surface area contributed by atoms with Crippen LogP contribution in [-0.2, 0) is 25.7 Å². The van der Waals surface area contributed by atoms with E-state index in [4.69, 9.17) is 16.3 Å². The number of anilines is 1. The first-order valence-corrected chi connectivity index (χ1v) is 17.5. The van der Waals surface area contributed by atoms with Gasteiger partial charge in [0, 0.05) is 81.1 Å². The van der Waals surface area contributed by atoms with Crippen molar-refractivity contribution in [3.05, 3.63) is 62.0 Å². The van der Waals surface area contributed by atoms with E-state index in [9.17, 15) is 24.0 Å². The molecule has 3 saturated heterocycles. The Bertz CT molecular complexity index is 1600. The third-order valence-corrected chi connectivity index (χ3v) is 10.7. The molecular formula is C36H48ClN5O6. The summed E-state index contributed by atoms with van der Waals surface area (Å²) >= 11 is 6.48. The maximum absolute atomic E-state index is 13.8. The summed E-state index contributed by atoms with van der Waals surface area (Å²) in [5.41, 5.74) is 3.00. The molecule has 2 unspecified atom stereocenters. The van der Waals surface area contributed by atoms with Crippen LogP contribution in [0.25, 0.3) is 0 Å². The zero-order chi connectivity index (χ0) is 34.7. The second-order valence-electron chi connectivity index (χ2n) is 13.6. The Hall–Kier alpha value is -3.70. The molecule has 3 fully saturated rings. The molecule has 1 aromatic heterocycles. The molecule has 5 rings (SSSR count). The summed E-state index contributed by atoms with van der Waals surface area (Å²) in [7, 11) is 0.